The van der Waals surface area contributed by atoms with E-state index < -0.39 is 5.97 Å². The molecule has 2 heterocycles. The van der Waals surface area contributed by atoms with E-state index in [1.165, 1.54) is 11.8 Å². The Bertz CT molecular complexity index is 797. The van der Waals surface area contributed by atoms with Gasteiger partial charge in [0.15, 0.2) is 5.16 Å². The fraction of sp³-hybridized carbons (Fsp3) is 0.353. The van der Waals surface area contributed by atoms with Crippen LogP contribution in [0.25, 0.3) is 11.0 Å². The number of rotatable bonds is 6. The fourth-order valence-corrected chi connectivity index (χ4v) is 3.57. The Morgan fingerprint density at radius 1 is 1.32 bits per heavy atom. The van der Waals surface area contributed by atoms with Crippen molar-refractivity contribution in [3.63, 3.8) is 0 Å². The largest absolute Gasteiger partial charge is 0.463 e. The van der Waals surface area contributed by atoms with Crippen molar-refractivity contribution >= 4 is 34.8 Å². The minimum absolute atomic E-state index is 0.288. The summed E-state index contributed by atoms with van der Waals surface area (Å²) in [4.78, 5) is 31.9. The van der Waals surface area contributed by atoms with Crippen molar-refractivity contribution in [1.29, 1.82) is 0 Å². The molecule has 2 aromatic rings. The van der Waals surface area contributed by atoms with Gasteiger partial charge in [-0.2, -0.15) is 0 Å². The molecule has 25 heavy (non-hydrogen) atoms. The molecule has 1 aromatic carbocycles. The molecule has 2 amide bonds. The molecule has 8 heteroatoms. The first-order valence-electron chi connectivity index (χ1n) is 8.17. The van der Waals surface area contributed by atoms with Crippen LogP contribution in [0.1, 0.15) is 20.3 Å². The summed E-state index contributed by atoms with van der Waals surface area (Å²) in [7, 11) is 0. The first kappa shape index (κ1) is 17.3. The van der Waals surface area contributed by atoms with Gasteiger partial charge in [-0.3, -0.25) is 0 Å². The Morgan fingerprint density at radius 3 is 2.84 bits per heavy atom. The summed E-state index contributed by atoms with van der Waals surface area (Å²) >= 11 is 1.43. The lowest BCUT2D eigenvalue weighted by atomic mass is 10.0. The van der Waals surface area contributed by atoms with Crippen LogP contribution in [0.15, 0.2) is 40.7 Å². The first-order chi connectivity index (χ1) is 12.1. The number of nitrogens with one attached hydrogen (secondary N) is 3. The van der Waals surface area contributed by atoms with Crippen LogP contribution in [0.5, 0.6) is 0 Å². The second kappa shape index (κ2) is 7.60. The smallest absolute Gasteiger partial charge is 0.337 e. The lowest BCUT2D eigenvalue weighted by Crippen LogP contribution is -2.50. The van der Waals surface area contributed by atoms with Crippen LogP contribution in [-0.4, -0.2) is 40.4 Å². The highest BCUT2D eigenvalue weighted by molar-refractivity contribution is 7.99. The number of fused-ring (bicyclic) bond motifs is 1. The van der Waals surface area contributed by atoms with Gasteiger partial charge in [-0.1, -0.05) is 30.8 Å². The molecular formula is C17H20N4O3S. The number of nitrogens with zero attached hydrogens (tertiary/aromatic N) is 1. The van der Waals surface area contributed by atoms with Crippen molar-refractivity contribution < 1.29 is 14.3 Å². The predicted molar refractivity (Wildman–Crippen MR) is 96.2 cm³/mol. The molecule has 1 aliphatic rings. The maximum absolute atomic E-state index is 12.3. The summed E-state index contributed by atoms with van der Waals surface area (Å²) in [6.07, 6.45) is 0.611. The summed E-state index contributed by atoms with van der Waals surface area (Å²) < 4.78 is 5.16. The molecule has 3 N–H and O–H groups in total. The van der Waals surface area contributed by atoms with Gasteiger partial charge in [0.05, 0.1) is 29.3 Å². The molecule has 0 spiro atoms. The molecule has 132 valence electrons. The van der Waals surface area contributed by atoms with E-state index in [1.807, 2.05) is 31.2 Å². The first-order valence-corrected chi connectivity index (χ1v) is 9.16. The molecular weight excluding hydrogens is 340 g/mol. The van der Waals surface area contributed by atoms with Gasteiger partial charge in [0.1, 0.15) is 0 Å². The lowest BCUT2D eigenvalue weighted by Gasteiger charge is -2.28. The van der Waals surface area contributed by atoms with Crippen LogP contribution in [0.2, 0.25) is 0 Å². The molecule has 7 nitrogen and oxygen atoms in total. The zero-order valence-corrected chi connectivity index (χ0v) is 14.9. The summed E-state index contributed by atoms with van der Waals surface area (Å²) in [5.41, 5.74) is 2.88. The molecule has 0 radical (unpaired) electrons. The minimum atomic E-state index is -0.401. The van der Waals surface area contributed by atoms with Gasteiger partial charge in [-0.05, 0) is 25.5 Å². The quantitative estimate of drug-likeness (QED) is 0.543. The number of esters is 1. The third-order valence-electron chi connectivity index (χ3n) is 3.87. The number of para-hydroxylation sites is 2. The molecule has 0 fully saturated rings. The monoisotopic (exact) mass is 360 g/mol. The van der Waals surface area contributed by atoms with Crippen LogP contribution in [0, 0.1) is 0 Å². The number of ether oxygens (including phenoxy) is 1. The number of H-pyrrole nitrogens is 1. The maximum atomic E-state index is 12.3. The van der Waals surface area contributed by atoms with E-state index in [-0.39, 0.29) is 18.7 Å². The Hall–Kier alpha value is -2.48. The van der Waals surface area contributed by atoms with Gasteiger partial charge < -0.3 is 20.4 Å². The van der Waals surface area contributed by atoms with E-state index in [1.54, 1.807) is 6.92 Å². The van der Waals surface area contributed by atoms with Crippen LogP contribution < -0.4 is 10.6 Å². The molecule has 0 aliphatic carbocycles. The summed E-state index contributed by atoms with van der Waals surface area (Å²) in [5, 5.41) is 6.24. The number of benzene rings is 1. The van der Waals surface area contributed by atoms with E-state index in [2.05, 4.69) is 20.6 Å². The number of aromatic nitrogens is 2. The van der Waals surface area contributed by atoms with Crippen LogP contribution >= 0.6 is 11.8 Å². The molecule has 1 unspecified atom stereocenters. The second-order valence-electron chi connectivity index (χ2n) is 5.52. The van der Waals surface area contributed by atoms with E-state index in [4.69, 9.17) is 4.74 Å². The van der Waals surface area contributed by atoms with E-state index in [0.717, 1.165) is 16.2 Å². The Labute approximate surface area is 149 Å². The molecule has 1 aromatic heterocycles. The topological polar surface area (TPSA) is 96.1 Å². The van der Waals surface area contributed by atoms with E-state index >= 15 is 0 Å². The van der Waals surface area contributed by atoms with E-state index in [9.17, 15) is 9.59 Å². The normalized spacial score (nSPS) is 17.4. The van der Waals surface area contributed by atoms with Crippen molar-refractivity contribution in [2.45, 2.75) is 31.5 Å². The van der Waals surface area contributed by atoms with Gasteiger partial charge in [0.25, 0.3) is 0 Å². The van der Waals surface area contributed by atoms with Crippen molar-refractivity contribution in [3.8, 4) is 0 Å². The van der Waals surface area contributed by atoms with Gasteiger partial charge >= 0.3 is 12.0 Å². The summed E-state index contributed by atoms with van der Waals surface area (Å²) in [6, 6.07) is 7.10. The Kier molecular flexibility index (Phi) is 5.28. The highest BCUT2D eigenvalue weighted by atomic mass is 32.2. The van der Waals surface area contributed by atoms with Crippen molar-refractivity contribution in [2.75, 3.05) is 12.4 Å². The number of hydrogen-bond donors (Lipinski definition) is 3. The van der Waals surface area contributed by atoms with Gasteiger partial charge in [-0.25, -0.2) is 14.6 Å². The summed E-state index contributed by atoms with van der Waals surface area (Å²) in [5.74, 6) is 0.0137. The van der Waals surface area contributed by atoms with Crippen molar-refractivity contribution in [2.24, 2.45) is 0 Å². The Balaban J connectivity index is 1.84. The zero-order chi connectivity index (χ0) is 17.8. The third-order valence-corrected chi connectivity index (χ3v) is 4.77. The highest BCUT2D eigenvalue weighted by Gasteiger charge is 2.31. The van der Waals surface area contributed by atoms with Crippen molar-refractivity contribution in [3.05, 3.63) is 35.5 Å². The van der Waals surface area contributed by atoms with Crippen molar-refractivity contribution in [1.82, 2.24) is 20.6 Å². The van der Waals surface area contributed by atoms with E-state index in [0.29, 0.717) is 23.4 Å². The number of carbonyl (C=O) groups is 2. The zero-order valence-electron chi connectivity index (χ0n) is 14.1. The molecule has 0 bridgehead atoms. The Morgan fingerprint density at radius 2 is 2.12 bits per heavy atom. The number of carbonyl (C=O) groups excluding carboxylic acids is 2. The number of amides is 2. The average Bonchev–Trinajstić information content (AvgIpc) is 3.02. The molecule has 0 saturated carbocycles. The van der Waals surface area contributed by atoms with Gasteiger partial charge in [-0.15, -0.1) is 0 Å². The van der Waals surface area contributed by atoms with Gasteiger partial charge in [0.2, 0.25) is 0 Å². The maximum Gasteiger partial charge on any atom is 0.337 e. The minimum Gasteiger partial charge on any atom is -0.463 e. The van der Waals surface area contributed by atoms with Crippen LogP contribution in [-0.2, 0) is 9.53 Å². The summed E-state index contributed by atoms with van der Waals surface area (Å²) in [6.45, 7) is 3.97. The molecule has 1 atom stereocenters. The third kappa shape index (κ3) is 3.79. The van der Waals surface area contributed by atoms with Crippen LogP contribution in [0.4, 0.5) is 4.79 Å². The molecule has 3 rings (SSSR count). The standard InChI is InChI=1S/C17H20N4O3S/c1-3-10-14(15(22)24-4-2)13(19-16(23)18-10)9-25-17-20-11-7-5-6-8-12(11)21-17/h5-8,10H,3-4,9H2,1-2H3,(H,20,21)(H2,18,19,23). The SMILES string of the molecule is CCOC(=O)C1=C(CSc2nc3ccccc3[nH]2)NC(=O)NC1CC. The molecule has 1 aliphatic heterocycles. The predicted octanol–water partition coefficient (Wildman–Crippen LogP) is 2.56. The number of thioether (sulfide) groups is 1. The molecule has 0 saturated heterocycles. The number of imidazole rings is 1. The lowest BCUT2D eigenvalue weighted by molar-refractivity contribution is -0.139. The highest BCUT2D eigenvalue weighted by Crippen LogP contribution is 2.24. The van der Waals surface area contributed by atoms with Crippen LogP contribution in [0.3, 0.4) is 0 Å². The number of hydrogen-bond acceptors (Lipinski definition) is 5. The fourth-order valence-electron chi connectivity index (χ4n) is 2.71. The number of aromatic amines is 1. The van der Waals surface area contributed by atoms with Gasteiger partial charge in [0, 0.05) is 11.4 Å². The second-order valence-corrected chi connectivity index (χ2v) is 6.48. The number of urea groups is 1. The average molecular weight is 360 g/mol.